The van der Waals surface area contributed by atoms with Crippen LogP contribution in [-0.2, 0) is 10.2 Å². The summed E-state index contributed by atoms with van der Waals surface area (Å²) in [5, 5.41) is 9.67. The molecule has 0 aliphatic carbocycles. The van der Waals surface area contributed by atoms with Gasteiger partial charge in [-0.15, -0.1) is 11.3 Å². The molecule has 1 N–H and O–H groups in total. The Labute approximate surface area is 218 Å². The average Bonchev–Trinajstić information content (AvgIpc) is 3.29. The molecule has 4 aromatic rings. The summed E-state index contributed by atoms with van der Waals surface area (Å²) >= 11 is 1.16. The first-order chi connectivity index (χ1) is 17.6. The fourth-order valence-corrected chi connectivity index (χ4v) is 4.75. The maximum Gasteiger partial charge on any atom is 0.359 e. The van der Waals surface area contributed by atoms with Crippen LogP contribution in [0.15, 0.2) is 58.7 Å². The van der Waals surface area contributed by atoms with E-state index in [1.165, 1.54) is 0 Å². The van der Waals surface area contributed by atoms with E-state index in [1.807, 2.05) is 19.1 Å². The molecule has 8 nitrogen and oxygen atoms in total. The Morgan fingerprint density at radius 1 is 1.00 bits per heavy atom. The lowest BCUT2D eigenvalue weighted by Crippen LogP contribution is -2.25. The molecule has 0 saturated carbocycles. The van der Waals surface area contributed by atoms with Crippen LogP contribution in [0.4, 0.5) is 5.00 Å². The molecule has 0 radical (unpaired) electrons. The minimum Gasteiger partial charge on any atom is -0.494 e. The van der Waals surface area contributed by atoms with Crippen LogP contribution in [0.5, 0.6) is 5.75 Å². The van der Waals surface area contributed by atoms with E-state index in [4.69, 9.17) is 9.47 Å². The van der Waals surface area contributed by atoms with Gasteiger partial charge in [-0.3, -0.25) is 9.59 Å². The lowest BCUT2D eigenvalue weighted by atomic mass is 9.87. The predicted octanol–water partition coefficient (Wildman–Crippen LogP) is 5.57. The van der Waals surface area contributed by atoms with Crippen molar-refractivity contribution < 1.29 is 19.1 Å². The number of carbonyl (C=O) groups is 2. The van der Waals surface area contributed by atoms with Gasteiger partial charge in [0.1, 0.15) is 10.8 Å². The SMILES string of the molecule is CCOC(=O)c1nn(-c2ccc(OCC)cc2)c(=O)c2c(NC(=O)c3ccc(C(C)(C)C)cc3)scc12. The highest BCUT2D eigenvalue weighted by Gasteiger charge is 2.23. The van der Waals surface area contributed by atoms with E-state index >= 15 is 0 Å². The largest absolute Gasteiger partial charge is 0.494 e. The van der Waals surface area contributed by atoms with E-state index in [1.54, 1.807) is 48.7 Å². The Morgan fingerprint density at radius 3 is 2.27 bits per heavy atom. The van der Waals surface area contributed by atoms with E-state index < -0.39 is 11.5 Å². The first-order valence-electron chi connectivity index (χ1n) is 12.0. The molecule has 2 aromatic heterocycles. The first kappa shape index (κ1) is 26.1. The topological polar surface area (TPSA) is 99.5 Å². The molecule has 4 rings (SSSR count). The quantitative estimate of drug-likeness (QED) is 0.320. The van der Waals surface area contributed by atoms with Gasteiger partial charge >= 0.3 is 5.97 Å². The molecule has 0 spiro atoms. The van der Waals surface area contributed by atoms with Gasteiger partial charge in [-0.2, -0.15) is 9.78 Å². The summed E-state index contributed by atoms with van der Waals surface area (Å²) in [6, 6.07) is 14.2. The number of nitrogens with zero attached hydrogens (tertiary/aromatic N) is 2. The summed E-state index contributed by atoms with van der Waals surface area (Å²) in [6.07, 6.45) is 0. The van der Waals surface area contributed by atoms with Crippen LogP contribution in [0.25, 0.3) is 16.5 Å². The van der Waals surface area contributed by atoms with Gasteiger partial charge in [0.2, 0.25) is 0 Å². The van der Waals surface area contributed by atoms with Gasteiger partial charge in [0.05, 0.1) is 24.3 Å². The Hall–Kier alpha value is -3.98. The van der Waals surface area contributed by atoms with Crippen molar-refractivity contribution in [2.75, 3.05) is 18.5 Å². The van der Waals surface area contributed by atoms with Crippen LogP contribution < -0.4 is 15.6 Å². The molecule has 0 fully saturated rings. The number of carbonyl (C=O) groups excluding carboxylic acids is 2. The number of thiophene rings is 1. The number of nitrogens with one attached hydrogen (secondary N) is 1. The molecule has 1 amide bonds. The number of rotatable bonds is 7. The summed E-state index contributed by atoms with van der Waals surface area (Å²) < 4.78 is 11.8. The van der Waals surface area contributed by atoms with Crippen molar-refractivity contribution in [3.05, 3.63) is 81.1 Å². The van der Waals surface area contributed by atoms with Crippen molar-refractivity contribution in [3.63, 3.8) is 0 Å². The Morgan fingerprint density at radius 2 is 1.68 bits per heavy atom. The Bertz CT molecular complexity index is 1500. The van der Waals surface area contributed by atoms with Crippen LogP contribution >= 0.6 is 11.3 Å². The third-order valence-corrected chi connectivity index (χ3v) is 6.65. The van der Waals surface area contributed by atoms with Gasteiger partial charge in [-0.05, 0) is 61.2 Å². The molecule has 0 aliphatic rings. The van der Waals surface area contributed by atoms with Gasteiger partial charge in [0, 0.05) is 16.3 Å². The molecule has 0 saturated heterocycles. The molecule has 9 heteroatoms. The fraction of sp³-hybridized carbons (Fsp3) is 0.286. The Balaban J connectivity index is 1.78. The fourth-order valence-electron chi connectivity index (χ4n) is 3.81. The summed E-state index contributed by atoms with van der Waals surface area (Å²) in [6.45, 7) is 10.5. The first-order valence-corrected chi connectivity index (χ1v) is 12.9. The van der Waals surface area contributed by atoms with Crippen molar-refractivity contribution in [2.24, 2.45) is 0 Å². The number of amides is 1. The van der Waals surface area contributed by atoms with Gasteiger partial charge in [0.15, 0.2) is 5.69 Å². The number of benzene rings is 2. The molecule has 0 aliphatic heterocycles. The number of hydrogen-bond donors (Lipinski definition) is 1. The predicted molar refractivity (Wildman–Crippen MR) is 145 cm³/mol. The lowest BCUT2D eigenvalue weighted by Gasteiger charge is -2.19. The second-order valence-corrected chi connectivity index (χ2v) is 10.2. The third-order valence-electron chi connectivity index (χ3n) is 5.75. The maximum atomic E-state index is 13.6. The van der Waals surface area contributed by atoms with Gasteiger partial charge < -0.3 is 14.8 Å². The molecule has 192 valence electrons. The number of aromatic nitrogens is 2. The van der Waals surface area contributed by atoms with Crippen LogP contribution in [0, 0.1) is 0 Å². The van der Waals surface area contributed by atoms with Crippen LogP contribution in [0.2, 0.25) is 0 Å². The third kappa shape index (κ3) is 5.41. The van der Waals surface area contributed by atoms with Crippen molar-refractivity contribution in [1.29, 1.82) is 0 Å². The number of ether oxygens (including phenoxy) is 2. The zero-order valence-corrected chi connectivity index (χ0v) is 22.3. The second-order valence-electron chi connectivity index (χ2n) is 9.35. The Kier molecular flexibility index (Phi) is 7.45. The van der Waals surface area contributed by atoms with Crippen molar-refractivity contribution >= 4 is 39.0 Å². The minimum atomic E-state index is -0.652. The second kappa shape index (κ2) is 10.6. The number of fused-ring (bicyclic) bond motifs is 1. The summed E-state index contributed by atoms with van der Waals surface area (Å²) in [5.41, 5.74) is 1.50. The van der Waals surface area contributed by atoms with E-state index in [0.29, 0.717) is 34.0 Å². The van der Waals surface area contributed by atoms with Crippen molar-refractivity contribution in [2.45, 2.75) is 40.0 Å². The maximum absolute atomic E-state index is 13.6. The number of esters is 1. The number of anilines is 1. The van der Waals surface area contributed by atoms with Crippen LogP contribution in [0.3, 0.4) is 0 Å². The highest BCUT2D eigenvalue weighted by molar-refractivity contribution is 7.16. The van der Waals surface area contributed by atoms with Gasteiger partial charge in [-0.1, -0.05) is 32.9 Å². The molecular weight excluding hydrogens is 490 g/mol. The summed E-state index contributed by atoms with van der Waals surface area (Å²) in [7, 11) is 0. The highest BCUT2D eigenvalue weighted by atomic mass is 32.1. The van der Waals surface area contributed by atoms with Crippen LogP contribution in [-0.4, -0.2) is 34.9 Å². The zero-order chi connectivity index (χ0) is 26.7. The molecular formula is C28H29N3O5S. The zero-order valence-electron chi connectivity index (χ0n) is 21.5. The van der Waals surface area contributed by atoms with Gasteiger partial charge in [0.25, 0.3) is 11.5 Å². The highest BCUT2D eigenvalue weighted by Crippen LogP contribution is 2.31. The van der Waals surface area contributed by atoms with E-state index in [-0.39, 0.29) is 29.0 Å². The smallest absolute Gasteiger partial charge is 0.359 e. The number of hydrogen-bond acceptors (Lipinski definition) is 7. The molecule has 0 atom stereocenters. The molecule has 2 aromatic carbocycles. The van der Waals surface area contributed by atoms with Crippen molar-refractivity contribution in [3.8, 4) is 11.4 Å². The lowest BCUT2D eigenvalue weighted by molar-refractivity contribution is 0.0520. The van der Waals surface area contributed by atoms with E-state index in [2.05, 4.69) is 31.2 Å². The van der Waals surface area contributed by atoms with Crippen LogP contribution in [0.1, 0.15) is 61.0 Å². The molecule has 0 unspecified atom stereocenters. The van der Waals surface area contributed by atoms with Gasteiger partial charge in [-0.25, -0.2) is 4.79 Å². The van der Waals surface area contributed by atoms with Crippen molar-refractivity contribution in [1.82, 2.24) is 9.78 Å². The average molecular weight is 520 g/mol. The van der Waals surface area contributed by atoms with E-state index in [0.717, 1.165) is 21.6 Å². The normalized spacial score (nSPS) is 11.4. The standard InChI is InChI=1S/C28H29N3O5S/c1-6-35-20-14-12-19(13-15-20)31-26(33)22-21(23(30-31)27(34)36-7-2)16-37-25(22)29-24(32)17-8-10-18(11-9-17)28(3,4)5/h8-16H,6-7H2,1-5H3,(H,29,32). The summed E-state index contributed by atoms with van der Waals surface area (Å²) in [4.78, 5) is 39.4. The molecule has 0 bridgehead atoms. The molecule has 37 heavy (non-hydrogen) atoms. The summed E-state index contributed by atoms with van der Waals surface area (Å²) in [5.74, 6) is -0.363. The van der Waals surface area contributed by atoms with E-state index in [9.17, 15) is 14.4 Å². The molecule has 2 heterocycles. The monoisotopic (exact) mass is 519 g/mol. The minimum absolute atomic E-state index is 0.00314.